The van der Waals surface area contributed by atoms with Crippen LogP contribution < -0.4 is 14.4 Å². The van der Waals surface area contributed by atoms with Gasteiger partial charge in [-0.25, -0.2) is 0 Å². The number of aliphatic hydroxyl groups excluding tert-OH is 1. The molecule has 32 heavy (non-hydrogen) atoms. The molecule has 6 nitrogen and oxygen atoms in total. The van der Waals surface area contributed by atoms with Crippen molar-refractivity contribution in [2.75, 3.05) is 18.1 Å². The van der Waals surface area contributed by atoms with Crippen LogP contribution in [-0.4, -0.2) is 30.0 Å². The first-order valence-corrected chi connectivity index (χ1v) is 11.2. The zero-order chi connectivity index (χ0) is 22.7. The summed E-state index contributed by atoms with van der Waals surface area (Å²) in [4.78, 5) is 28.4. The molecule has 4 rings (SSSR count). The minimum absolute atomic E-state index is 0.0653. The number of hydrogen-bond donors (Lipinski definition) is 1. The Balaban J connectivity index is 1.80. The van der Waals surface area contributed by atoms with Gasteiger partial charge in [-0.15, -0.1) is 11.3 Å². The van der Waals surface area contributed by atoms with Gasteiger partial charge in [-0.1, -0.05) is 18.2 Å². The van der Waals surface area contributed by atoms with Gasteiger partial charge in [0, 0.05) is 5.69 Å². The van der Waals surface area contributed by atoms with Crippen LogP contribution in [0.3, 0.4) is 0 Å². The van der Waals surface area contributed by atoms with Crippen molar-refractivity contribution in [1.29, 1.82) is 0 Å². The summed E-state index contributed by atoms with van der Waals surface area (Å²) in [5.74, 6) is -0.151. The van der Waals surface area contributed by atoms with E-state index >= 15 is 0 Å². The highest BCUT2D eigenvalue weighted by molar-refractivity contribution is 7.12. The first-order chi connectivity index (χ1) is 15.5. The number of carbonyl (C=O) groups excluding carboxylic acids is 2. The van der Waals surface area contributed by atoms with E-state index in [1.807, 2.05) is 26.0 Å². The lowest BCUT2D eigenvalue weighted by Gasteiger charge is -2.27. The van der Waals surface area contributed by atoms with Crippen molar-refractivity contribution >= 4 is 28.7 Å². The second-order valence-electron chi connectivity index (χ2n) is 7.08. The molecule has 2 aromatic carbocycles. The Hall–Kier alpha value is -3.58. The molecule has 0 fully saturated rings. The molecule has 0 radical (unpaired) electrons. The predicted octanol–water partition coefficient (Wildman–Crippen LogP) is 5.33. The number of hydrogen-bond acceptors (Lipinski definition) is 6. The van der Waals surface area contributed by atoms with E-state index in [-0.39, 0.29) is 11.4 Å². The number of nitrogens with zero attached hydrogens (tertiary/aromatic N) is 1. The van der Waals surface area contributed by atoms with Crippen molar-refractivity contribution in [1.82, 2.24) is 0 Å². The van der Waals surface area contributed by atoms with Crippen LogP contribution in [0, 0.1) is 0 Å². The molecule has 1 atom stereocenters. The molecular weight excluding hydrogens is 426 g/mol. The number of carbonyl (C=O) groups is 2. The molecular formula is C25H23NO5S. The van der Waals surface area contributed by atoms with Crippen LogP contribution in [0.1, 0.15) is 35.1 Å². The molecule has 1 aromatic heterocycles. The Morgan fingerprint density at radius 1 is 0.969 bits per heavy atom. The van der Waals surface area contributed by atoms with Crippen LogP contribution in [0.4, 0.5) is 5.69 Å². The lowest BCUT2D eigenvalue weighted by atomic mass is 9.95. The number of rotatable bonds is 8. The van der Waals surface area contributed by atoms with Gasteiger partial charge in [0.1, 0.15) is 11.5 Å². The molecule has 0 spiro atoms. The summed E-state index contributed by atoms with van der Waals surface area (Å²) >= 11 is 1.27. The van der Waals surface area contributed by atoms with Crippen LogP contribution in [0.2, 0.25) is 0 Å². The summed E-state index contributed by atoms with van der Waals surface area (Å²) in [7, 11) is 0. The Morgan fingerprint density at radius 2 is 1.56 bits per heavy atom. The van der Waals surface area contributed by atoms with E-state index in [1.165, 1.54) is 16.2 Å². The fourth-order valence-corrected chi connectivity index (χ4v) is 4.42. The Kier molecular flexibility index (Phi) is 6.28. The molecule has 3 aromatic rings. The molecule has 7 heteroatoms. The smallest absolute Gasteiger partial charge is 0.294 e. The second kappa shape index (κ2) is 9.28. The monoisotopic (exact) mass is 449 g/mol. The van der Waals surface area contributed by atoms with E-state index in [4.69, 9.17) is 9.47 Å². The van der Waals surface area contributed by atoms with Gasteiger partial charge in [0.05, 0.1) is 29.7 Å². The Labute approximate surface area is 190 Å². The van der Waals surface area contributed by atoms with Crippen LogP contribution >= 0.6 is 11.3 Å². The number of amides is 1. The van der Waals surface area contributed by atoms with Crippen molar-refractivity contribution in [2.45, 2.75) is 19.9 Å². The van der Waals surface area contributed by atoms with Crippen LogP contribution in [0.25, 0.3) is 0 Å². The number of thiophene rings is 1. The van der Waals surface area contributed by atoms with E-state index in [2.05, 4.69) is 0 Å². The van der Waals surface area contributed by atoms with Gasteiger partial charge in [0.25, 0.3) is 5.91 Å². The molecule has 164 valence electrons. The van der Waals surface area contributed by atoms with Crippen molar-refractivity contribution < 1.29 is 24.2 Å². The average molecular weight is 450 g/mol. The molecule has 1 amide bonds. The summed E-state index contributed by atoms with van der Waals surface area (Å²) in [5.41, 5.74) is 1.31. The molecule has 0 aliphatic carbocycles. The maximum absolute atomic E-state index is 13.3. The maximum atomic E-state index is 13.3. The number of Topliss-reactive ketones (excluding diaryl/α,β-unsaturated/α-hetero) is 1. The van der Waals surface area contributed by atoms with Gasteiger partial charge < -0.3 is 14.6 Å². The summed E-state index contributed by atoms with van der Waals surface area (Å²) in [6, 6.07) is 16.9. The zero-order valence-corrected chi connectivity index (χ0v) is 18.6. The van der Waals surface area contributed by atoms with Crippen molar-refractivity contribution in [3.8, 4) is 11.5 Å². The van der Waals surface area contributed by atoms with Crippen molar-refractivity contribution in [3.05, 3.63) is 87.8 Å². The van der Waals surface area contributed by atoms with E-state index in [9.17, 15) is 14.7 Å². The summed E-state index contributed by atoms with van der Waals surface area (Å²) in [5, 5.41) is 12.6. The van der Waals surface area contributed by atoms with Crippen LogP contribution in [-0.2, 0) is 4.79 Å². The molecule has 0 saturated carbocycles. The third kappa shape index (κ3) is 3.99. The fourth-order valence-electron chi connectivity index (χ4n) is 3.74. The molecule has 0 saturated heterocycles. The van der Waals surface area contributed by atoms with Crippen LogP contribution in [0.15, 0.2) is 77.4 Å². The SMILES string of the molecule is CCOc1ccc(C2C(C(=O)c3cccs3)=C(O)C(=O)N2c2ccc(OCC)cc2)cc1. The highest BCUT2D eigenvalue weighted by Crippen LogP contribution is 2.42. The normalized spacial score (nSPS) is 15.9. The molecule has 1 aliphatic heterocycles. The number of anilines is 1. The first-order valence-electron chi connectivity index (χ1n) is 10.4. The lowest BCUT2D eigenvalue weighted by Crippen LogP contribution is -2.31. The summed E-state index contributed by atoms with van der Waals surface area (Å²) in [6.07, 6.45) is 0. The fraction of sp³-hybridized carbons (Fsp3) is 0.200. The van der Waals surface area contributed by atoms with Gasteiger partial charge >= 0.3 is 0 Å². The van der Waals surface area contributed by atoms with Gasteiger partial charge in [0.15, 0.2) is 5.76 Å². The third-order valence-corrected chi connectivity index (χ3v) is 6.00. The van der Waals surface area contributed by atoms with E-state index in [0.29, 0.717) is 40.8 Å². The van der Waals surface area contributed by atoms with Gasteiger partial charge in [-0.05, 0) is 67.3 Å². The van der Waals surface area contributed by atoms with E-state index < -0.39 is 17.7 Å². The third-order valence-electron chi connectivity index (χ3n) is 5.13. The largest absolute Gasteiger partial charge is 0.503 e. The Morgan fingerprint density at radius 3 is 2.09 bits per heavy atom. The second-order valence-corrected chi connectivity index (χ2v) is 8.02. The maximum Gasteiger partial charge on any atom is 0.294 e. The minimum atomic E-state index is -0.772. The highest BCUT2D eigenvalue weighted by atomic mass is 32.1. The molecule has 1 unspecified atom stereocenters. The van der Waals surface area contributed by atoms with Gasteiger partial charge in [-0.3, -0.25) is 14.5 Å². The van der Waals surface area contributed by atoms with E-state index in [0.717, 1.165) is 0 Å². The molecule has 1 aliphatic rings. The lowest BCUT2D eigenvalue weighted by molar-refractivity contribution is -0.117. The summed E-state index contributed by atoms with van der Waals surface area (Å²) in [6.45, 7) is 4.85. The number of ether oxygens (including phenoxy) is 2. The number of ketones is 1. The number of benzene rings is 2. The number of aliphatic hydroxyl groups is 1. The first kappa shape index (κ1) is 21.6. The quantitative estimate of drug-likeness (QED) is 0.471. The van der Waals surface area contributed by atoms with Crippen molar-refractivity contribution in [3.63, 3.8) is 0 Å². The zero-order valence-electron chi connectivity index (χ0n) is 17.8. The molecule has 0 bridgehead atoms. The van der Waals surface area contributed by atoms with Gasteiger partial charge in [0.2, 0.25) is 5.78 Å². The molecule has 2 heterocycles. The summed E-state index contributed by atoms with van der Waals surface area (Å²) < 4.78 is 11.0. The topological polar surface area (TPSA) is 76.1 Å². The average Bonchev–Trinajstić information content (AvgIpc) is 3.43. The van der Waals surface area contributed by atoms with E-state index in [1.54, 1.807) is 53.9 Å². The predicted molar refractivity (Wildman–Crippen MR) is 124 cm³/mol. The van der Waals surface area contributed by atoms with Crippen molar-refractivity contribution in [2.24, 2.45) is 0 Å². The van der Waals surface area contributed by atoms with Crippen LogP contribution in [0.5, 0.6) is 11.5 Å². The molecule has 1 N–H and O–H groups in total. The standard InChI is InChI=1S/C25H23NO5S/c1-3-30-18-11-7-16(8-12-18)22-21(23(27)20-6-5-15-32-20)24(28)25(29)26(22)17-9-13-19(14-10-17)31-4-2/h5-15,22,28H,3-4H2,1-2H3. The minimum Gasteiger partial charge on any atom is -0.503 e. The highest BCUT2D eigenvalue weighted by Gasteiger charge is 2.44. The Bertz CT molecular complexity index is 1130. The van der Waals surface area contributed by atoms with Gasteiger partial charge in [-0.2, -0.15) is 0 Å².